The Balaban J connectivity index is 2.35. The number of imidazole rings is 1. The van der Waals surface area contributed by atoms with E-state index >= 15 is 0 Å². The van der Waals surface area contributed by atoms with Crippen LogP contribution in [-0.4, -0.2) is 78.6 Å². The molecule has 0 bridgehead atoms. The molecule has 5 atom stereocenters. The molecule has 1 amide bonds. The molecule has 0 saturated carbocycles. The van der Waals surface area contributed by atoms with Gasteiger partial charge in [0.05, 0.1) is 25.6 Å². The van der Waals surface area contributed by atoms with Gasteiger partial charge in [0.2, 0.25) is 0 Å². The van der Waals surface area contributed by atoms with E-state index in [-0.39, 0.29) is 17.8 Å². The van der Waals surface area contributed by atoms with E-state index in [1.165, 1.54) is 10.9 Å². The van der Waals surface area contributed by atoms with Crippen LogP contribution >= 0.6 is 0 Å². The zero-order chi connectivity index (χ0) is 17.9. The van der Waals surface area contributed by atoms with Gasteiger partial charge < -0.3 is 36.0 Å². The summed E-state index contributed by atoms with van der Waals surface area (Å²) in [5.74, 6) is 4.31. The minimum Gasteiger partial charge on any atom is -0.394 e. The summed E-state index contributed by atoms with van der Waals surface area (Å²) in [6.07, 6.45) is -4.74. The molecule has 24 heavy (non-hydrogen) atoms. The van der Waals surface area contributed by atoms with Crippen LogP contribution in [0, 0.1) is 11.8 Å². The zero-order valence-corrected chi connectivity index (χ0v) is 12.6. The molecule has 10 heteroatoms. The van der Waals surface area contributed by atoms with Gasteiger partial charge in [-0.1, -0.05) is 5.92 Å². The highest BCUT2D eigenvalue weighted by Gasteiger charge is 2.44. The number of primary amides is 1. The lowest BCUT2D eigenvalue weighted by molar-refractivity contribution is -0.0531. The number of aliphatic hydroxyl groups is 5. The third-order valence-electron chi connectivity index (χ3n) is 3.57. The Hall–Kier alpha value is -2.00. The minimum atomic E-state index is -1.37. The summed E-state index contributed by atoms with van der Waals surface area (Å²) in [5, 5.41) is 47.1. The Morgan fingerprint density at radius 2 is 2.12 bits per heavy atom. The zero-order valence-electron chi connectivity index (χ0n) is 12.6. The number of aliphatic hydroxyl groups excluding tert-OH is 5. The molecular weight excluding hydrogens is 322 g/mol. The largest absolute Gasteiger partial charge is 0.394 e. The predicted molar refractivity (Wildman–Crippen MR) is 78.3 cm³/mol. The molecule has 1 aliphatic rings. The number of carbonyl (C=O) groups is 1. The lowest BCUT2D eigenvalue weighted by Crippen LogP contribution is -2.33. The number of ether oxygens (including phenoxy) is 1. The van der Waals surface area contributed by atoms with Crippen molar-refractivity contribution in [3.8, 4) is 11.8 Å². The van der Waals surface area contributed by atoms with Crippen LogP contribution in [-0.2, 0) is 4.74 Å². The van der Waals surface area contributed by atoms with Gasteiger partial charge in [-0.15, -0.1) is 0 Å². The van der Waals surface area contributed by atoms with Gasteiger partial charge in [-0.05, 0) is 5.92 Å². The molecule has 2 rings (SSSR count). The van der Waals surface area contributed by atoms with Gasteiger partial charge in [-0.2, -0.15) is 0 Å². The topological polar surface area (TPSA) is 171 Å². The monoisotopic (exact) mass is 341 g/mol. The van der Waals surface area contributed by atoms with Crippen LogP contribution in [0.4, 0.5) is 0 Å². The summed E-state index contributed by atoms with van der Waals surface area (Å²) in [4.78, 5) is 15.3. The van der Waals surface area contributed by atoms with Crippen molar-refractivity contribution in [2.24, 2.45) is 5.73 Å². The molecule has 0 aliphatic carbocycles. The average molecular weight is 341 g/mol. The maximum absolute atomic E-state index is 11.5. The number of carbonyl (C=O) groups excluding carboxylic acids is 1. The van der Waals surface area contributed by atoms with Gasteiger partial charge in [0.15, 0.2) is 11.9 Å². The number of hydrogen-bond donors (Lipinski definition) is 6. The molecule has 10 nitrogen and oxygen atoms in total. The van der Waals surface area contributed by atoms with Crippen molar-refractivity contribution in [2.45, 2.75) is 37.1 Å². The second-order valence-corrected chi connectivity index (χ2v) is 5.28. The molecule has 1 aliphatic heterocycles. The van der Waals surface area contributed by atoms with Crippen molar-refractivity contribution >= 4 is 5.91 Å². The second-order valence-electron chi connectivity index (χ2n) is 5.28. The Kier molecular flexibility index (Phi) is 5.89. The van der Waals surface area contributed by atoms with E-state index in [2.05, 4.69) is 16.8 Å². The first-order valence-corrected chi connectivity index (χ1v) is 7.17. The fourth-order valence-corrected chi connectivity index (χ4v) is 2.29. The first kappa shape index (κ1) is 18.3. The van der Waals surface area contributed by atoms with E-state index in [4.69, 9.17) is 20.7 Å². The van der Waals surface area contributed by atoms with Crippen LogP contribution in [0.3, 0.4) is 0 Å². The standard InChI is InChI=1S/C14H19N3O7/c15-13(23)10-8(3-1-2-7(20)4-18)17(6-16-10)14-12(22)11(21)9(5-19)24-14/h6-7,9,11-12,14,18-22H,2,4-5H2,(H2,15,23)/t7?,9-,11-,12-,14-/m1/s1. The van der Waals surface area contributed by atoms with Gasteiger partial charge in [0, 0.05) is 6.42 Å². The SMILES string of the molecule is NC(=O)c1ncn([C@@H]2O[C@H](CO)[C@@H](O)[C@H]2O)c1C#CCC(O)CO. The van der Waals surface area contributed by atoms with Crippen LogP contribution < -0.4 is 5.73 Å². The molecule has 1 fully saturated rings. The van der Waals surface area contributed by atoms with Gasteiger partial charge >= 0.3 is 0 Å². The summed E-state index contributed by atoms with van der Waals surface area (Å²) in [6.45, 7) is -0.971. The first-order chi connectivity index (χ1) is 11.4. The van der Waals surface area contributed by atoms with Crippen LogP contribution in [0.5, 0.6) is 0 Å². The predicted octanol–water partition coefficient (Wildman–Crippen LogP) is -3.31. The molecule has 1 saturated heterocycles. The molecule has 1 unspecified atom stereocenters. The third kappa shape index (κ3) is 3.57. The summed E-state index contributed by atoms with van der Waals surface area (Å²) in [7, 11) is 0. The van der Waals surface area contributed by atoms with Crippen molar-refractivity contribution < 1.29 is 35.1 Å². The Morgan fingerprint density at radius 1 is 1.42 bits per heavy atom. The van der Waals surface area contributed by atoms with Crippen molar-refractivity contribution in [1.29, 1.82) is 0 Å². The molecule has 1 aromatic rings. The van der Waals surface area contributed by atoms with E-state index in [9.17, 15) is 20.1 Å². The normalized spacial score (nSPS) is 27.5. The number of nitrogens with two attached hydrogens (primary N) is 1. The van der Waals surface area contributed by atoms with E-state index in [1.54, 1.807) is 0 Å². The van der Waals surface area contributed by atoms with Gasteiger partial charge in [-0.25, -0.2) is 4.98 Å². The summed E-state index contributed by atoms with van der Waals surface area (Å²) < 4.78 is 6.59. The highest BCUT2D eigenvalue weighted by Crippen LogP contribution is 2.30. The van der Waals surface area contributed by atoms with Crippen molar-refractivity contribution in [3.63, 3.8) is 0 Å². The van der Waals surface area contributed by atoms with Crippen molar-refractivity contribution in [2.75, 3.05) is 13.2 Å². The van der Waals surface area contributed by atoms with E-state index in [0.717, 1.165) is 0 Å². The van der Waals surface area contributed by atoms with Crippen molar-refractivity contribution in [3.05, 3.63) is 17.7 Å². The first-order valence-electron chi connectivity index (χ1n) is 7.17. The molecule has 0 aromatic carbocycles. The fourth-order valence-electron chi connectivity index (χ4n) is 2.29. The summed E-state index contributed by atoms with van der Waals surface area (Å²) >= 11 is 0. The highest BCUT2D eigenvalue weighted by molar-refractivity contribution is 5.93. The van der Waals surface area contributed by atoms with Crippen LogP contribution in [0.15, 0.2) is 6.33 Å². The summed E-state index contributed by atoms with van der Waals surface area (Å²) in [5.41, 5.74) is 5.10. The molecule has 0 radical (unpaired) electrons. The van der Waals surface area contributed by atoms with Crippen LogP contribution in [0.1, 0.15) is 28.8 Å². The number of amides is 1. The minimum absolute atomic E-state index is 0.0301. The average Bonchev–Trinajstić information content (AvgIpc) is 3.09. The Labute approximate surface area is 137 Å². The van der Waals surface area contributed by atoms with Gasteiger partial charge in [-0.3, -0.25) is 9.36 Å². The van der Waals surface area contributed by atoms with Crippen molar-refractivity contribution in [1.82, 2.24) is 9.55 Å². The van der Waals surface area contributed by atoms with Gasteiger partial charge in [0.25, 0.3) is 5.91 Å². The van der Waals surface area contributed by atoms with E-state index < -0.39 is 49.8 Å². The van der Waals surface area contributed by atoms with E-state index in [0.29, 0.717) is 0 Å². The molecular formula is C14H19N3O7. The fraction of sp³-hybridized carbons (Fsp3) is 0.571. The smallest absolute Gasteiger partial charge is 0.270 e. The second kappa shape index (κ2) is 7.71. The lowest BCUT2D eigenvalue weighted by atomic mass is 10.1. The molecule has 0 spiro atoms. The number of aromatic nitrogens is 2. The third-order valence-corrected chi connectivity index (χ3v) is 3.57. The molecule has 1 aromatic heterocycles. The van der Waals surface area contributed by atoms with Crippen LogP contribution in [0.25, 0.3) is 0 Å². The van der Waals surface area contributed by atoms with Crippen LogP contribution in [0.2, 0.25) is 0 Å². The Bertz CT molecular complexity index is 651. The lowest BCUT2D eigenvalue weighted by Gasteiger charge is -2.17. The maximum Gasteiger partial charge on any atom is 0.270 e. The van der Waals surface area contributed by atoms with E-state index in [1.807, 2.05) is 0 Å². The van der Waals surface area contributed by atoms with Gasteiger partial charge in [0.1, 0.15) is 24.0 Å². The summed E-state index contributed by atoms with van der Waals surface area (Å²) in [6, 6.07) is 0. The molecule has 132 valence electrons. The maximum atomic E-state index is 11.5. The quantitative estimate of drug-likeness (QED) is 0.302. The Morgan fingerprint density at radius 3 is 2.67 bits per heavy atom. The molecule has 7 N–H and O–H groups in total. The number of hydrogen-bond acceptors (Lipinski definition) is 8. The highest BCUT2D eigenvalue weighted by atomic mass is 16.6. The number of rotatable bonds is 5. The number of nitrogens with zero attached hydrogens (tertiary/aromatic N) is 2. The molecule has 2 heterocycles.